The average Bonchev–Trinajstić information content (AvgIpc) is 3.18. The number of carbonyl (C=O) groups excluding carboxylic acids is 2. The fourth-order valence-corrected chi connectivity index (χ4v) is 7.48. The van der Waals surface area contributed by atoms with Gasteiger partial charge in [-0.15, -0.1) is 0 Å². The van der Waals surface area contributed by atoms with Crippen molar-refractivity contribution in [2.75, 3.05) is 26.3 Å². The molecule has 0 bridgehead atoms. The number of carbonyl (C=O) groups is 2. The first kappa shape index (κ1) is 27.5. The van der Waals surface area contributed by atoms with Gasteiger partial charge in [0, 0.05) is 43.2 Å². The Morgan fingerprint density at radius 2 is 1.82 bits per heavy atom. The molecular weight excluding hydrogens is 572 g/mol. The molecule has 1 spiro atoms. The van der Waals surface area contributed by atoms with Crippen molar-refractivity contribution in [2.24, 2.45) is 5.41 Å². The first-order valence-electron chi connectivity index (χ1n) is 13.2. The summed E-state index contributed by atoms with van der Waals surface area (Å²) in [7, 11) is -3.87. The third kappa shape index (κ3) is 5.60. The minimum absolute atomic E-state index is 0.0137. The van der Waals surface area contributed by atoms with Crippen LogP contribution in [0.3, 0.4) is 0 Å². The number of sulfonamides is 1. The smallest absolute Gasteiger partial charge is 0.243 e. The van der Waals surface area contributed by atoms with E-state index < -0.39 is 15.4 Å². The molecule has 2 aromatic rings. The summed E-state index contributed by atoms with van der Waals surface area (Å²) in [4.78, 5) is 29.4. The zero-order valence-electron chi connectivity index (χ0n) is 21.3. The van der Waals surface area contributed by atoms with Crippen molar-refractivity contribution in [3.8, 4) is 0 Å². The Morgan fingerprint density at radius 1 is 1.05 bits per heavy atom. The maximum Gasteiger partial charge on any atom is 0.243 e. The molecule has 1 amide bonds. The predicted molar refractivity (Wildman–Crippen MR) is 145 cm³/mol. The second-order valence-electron chi connectivity index (χ2n) is 10.3. The van der Waals surface area contributed by atoms with Crippen LogP contribution >= 0.6 is 15.9 Å². The Labute approximate surface area is 232 Å². The second kappa shape index (κ2) is 11.6. The highest BCUT2D eigenvalue weighted by Gasteiger charge is 2.59. The van der Waals surface area contributed by atoms with Gasteiger partial charge >= 0.3 is 0 Å². The number of rotatable bonds is 8. The van der Waals surface area contributed by atoms with Crippen molar-refractivity contribution >= 4 is 37.6 Å². The third-order valence-corrected chi connectivity index (χ3v) is 10.2. The lowest BCUT2D eigenvalue weighted by Gasteiger charge is -2.37. The summed E-state index contributed by atoms with van der Waals surface area (Å²) in [5.41, 5.74) is -0.427. The Bertz CT molecular complexity index is 1250. The normalized spacial score (nSPS) is 26.8. The molecular formula is C28H33BrN2O6S. The van der Waals surface area contributed by atoms with E-state index in [1.807, 2.05) is 30.3 Å². The lowest BCUT2D eigenvalue weighted by molar-refractivity contribution is -0.164. The topological polar surface area (TPSA) is 93.2 Å². The second-order valence-corrected chi connectivity index (χ2v) is 13.1. The third-order valence-electron chi connectivity index (χ3n) is 7.80. The van der Waals surface area contributed by atoms with Gasteiger partial charge in [0.2, 0.25) is 15.9 Å². The van der Waals surface area contributed by atoms with Crippen molar-refractivity contribution in [1.29, 1.82) is 0 Å². The zero-order valence-corrected chi connectivity index (χ0v) is 23.7. The molecule has 3 aliphatic heterocycles. The van der Waals surface area contributed by atoms with Gasteiger partial charge in [-0.05, 0) is 61.9 Å². The van der Waals surface area contributed by atoms with E-state index in [-0.39, 0.29) is 54.8 Å². The minimum atomic E-state index is -3.87. The summed E-state index contributed by atoms with van der Waals surface area (Å²) >= 11 is 3.34. The van der Waals surface area contributed by atoms with Gasteiger partial charge in [-0.2, -0.15) is 4.31 Å². The quantitative estimate of drug-likeness (QED) is 0.421. The van der Waals surface area contributed by atoms with E-state index in [2.05, 4.69) is 15.9 Å². The molecule has 2 aromatic carbocycles. The highest BCUT2D eigenvalue weighted by Crippen LogP contribution is 2.44. The molecule has 0 radical (unpaired) electrons. The molecule has 10 heteroatoms. The number of likely N-dealkylation sites (tertiary alicyclic amines) is 1. The Kier molecular flexibility index (Phi) is 8.35. The van der Waals surface area contributed by atoms with E-state index in [9.17, 15) is 18.0 Å². The molecule has 3 aliphatic rings. The molecule has 0 saturated carbocycles. The molecule has 0 N–H and O–H groups in total. The van der Waals surface area contributed by atoms with Crippen molar-refractivity contribution < 1.29 is 27.5 Å². The Morgan fingerprint density at radius 3 is 2.53 bits per heavy atom. The van der Waals surface area contributed by atoms with Gasteiger partial charge in [0.1, 0.15) is 5.41 Å². The van der Waals surface area contributed by atoms with E-state index in [4.69, 9.17) is 9.47 Å². The molecule has 1 unspecified atom stereocenters. The van der Waals surface area contributed by atoms with Crippen LogP contribution in [0, 0.1) is 5.41 Å². The number of ketones is 1. The fraction of sp³-hybridized carbons (Fsp3) is 0.500. The van der Waals surface area contributed by atoms with Gasteiger partial charge in [-0.1, -0.05) is 46.3 Å². The van der Waals surface area contributed by atoms with E-state index in [1.165, 1.54) is 16.4 Å². The van der Waals surface area contributed by atoms with Gasteiger partial charge in [0.05, 0.1) is 11.5 Å². The van der Waals surface area contributed by atoms with Gasteiger partial charge in [0.15, 0.2) is 12.1 Å². The molecule has 204 valence electrons. The number of Topliss-reactive ketones (excluding diaryl/α,β-unsaturated/α-hetero) is 1. The summed E-state index contributed by atoms with van der Waals surface area (Å²) in [5.74, 6) is -0.470. The molecule has 3 atom stereocenters. The van der Waals surface area contributed by atoms with E-state index >= 15 is 0 Å². The Hall–Kier alpha value is -2.11. The summed E-state index contributed by atoms with van der Waals surface area (Å²) in [5, 5.41) is 0. The number of benzene rings is 2. The Balaban J connectivity index is 1.38. The molecule has 0 aliphatic carbocycles. The number of piperidine rings is 1. The highest BCUT2D eigenvalue weighted by atomic mass is 79.9. The van der Waals surface area contributed by atoms with Crippen molar-refractivity contribution in [1.82, 2.24) is 9.21 Å². The number of amides is 1. The van der Waals surface area contributed by atoms with Gasteiger partial charge in [0.25, 0.3) is 0 Å². The number of hydrogen-bond donors (Lipinski definition) is 0. The molecule has 3 saturated heterocycles. The molecule has 5 rings (SSSR count). The highest BCUT2D eigenvalue weighted by molar-refractivity contribution is 9.10. The molecule has 0 aromatic heterocycles. The maximum atomic E-state index is 14.0. The minimum Gasteiger partial charge on any atom is -0.353 e. The van der Waals surface area contributed by atoms with Crippen LogP contribution in [0.1, 0.15) is 44.1 Å². The standard InChI is InChI=1S/C28H33BrN2O6S/c29-22-9-11-24(12-10-22)38(34,35)30-15-13-25(32)28(20-30)18-23(14-17-37-26-8-4-5-16-36-26)31(27(28)33)19-21-6-2-1-3-7-21/h1-3,6-7,9-12,23,26H,4-5,8,13-20H2/t23-,26?,28-/m0/s1. The lowest BCUT2D eigenvalue weighted by atomic mass is 9.76. The van der Waals surface area contributed by atoms with Gasteiger partial charge < -0.3 is 14.4 Å². The van der Waals surface area contributed by atoms with Gasteiger partial charge in [-0.25, -0.2) is 8.42 Å². The van der Waals surface area contributed by atoms with Crippen LogP contribution in [-0.4, -0.2) is 67.9 Å². The number of ether oxygens (including phenoxy) is 2. The first-order chi connectivity index (χ1) is 18.3. The van der Waals surface area contributed by atoms with E-state index in [0.717, 1.165) is 29.3 Å². The van der Waals surface area contributed by atoms with Crippen LogP contribution in [0.15, 0.2) is 64.0 Å². The SMILES string of the molecule is O=C1CCN(S(=O)(=O)c2ccc(Br)cc2)C[C@@]12C[C@H](CCOC1CCCCO1)N(Cc1ccccc1)C2=O. The predicted octanol–water partition coefficient (Wildman–Crippen LogP) is 4.13. The molecule has 38 heavy (non-hydrogen) atoms. The van der Waals surface area contributed by atoms with Crippen LogP contribution < -0.4 is 0 Å². The van der Waals surface area contributed by atoms with Crippen molar-refractivity contribution in [2.45, 2.75) is 62.3 Å². The number of hydrogen-bond acceptors (Lipinski definition) is 6. The van der Waals surface area contributed by atoms with E-state index in [0.29, 0.717) is 26.2 Å². The van der Waals surface area contributed by atoms with Crippen LogP contribution in [0.5, 0.6) is 0 Å². The summed E-state index contributed by atoms with van der Waals surface area (Å²) < 4.78 is 40.7. The molecule has 3 heterocycles. The van der Waals surface area contributed by atoms with Gasteiger partial charge in [-0.3, -0.25) is 9.59 Å². The van der Waals surface area contributed by atoms with Crippen LogP contribution in [-0.2, 0) is 35.6 Å². The fourth-order valence-electron chi connectivity index (χ4n) is 5.72. The molecule has 3 fully saturated rings. The summed E-state index contributed by atoms with van der Waals surface area (Å²) in [6, 6.07) is 15.8. The monoisotopic (exact) mass is 604 g/mol. The van der Waals surface area contributed by atoms with Crippen molar-refractivity contribution in [3.05, 3.63) is 64.6 Å². The largest absolute Gasteiger partial charge is 0.353 e. The summed E-state index contributed by atoms with van der Waals surface area (Å²) in [6.45, 7) is 1.38. The summed E-state index contributed by atoms with van der Waals surface area (Å²) in [6.07, 6.45) is 3.55. The lowest BCUT2D eigenvalue weighted by Crippen LogP contribution is -2.54. The van der Waals surface area contributed by atoms with Crippen molar-refractivity contribution in [3.63, 3.8) is 0 Å². The number of halogens is 1. The molecule has 8 nitrogen and oxygen atoms in total. The van der Waals surface area contributed by atoms with Crippen LogP contribution in [0.4, 0.5) is 0 Å². The van der Waals surface area contributed by atoms with Crippen LogP contribution in [0.2, 0.25) is 0 Å². The average molecular weight is 606 g/mol. The van der Waals surface area contributed by atoms with E-state index in [1.54, 1.807) is 17.0 Å². The first-order valence-corrected chi connectivity index (χ1v) is 15.4. The van der Waals surface area contributed by atoms with Crippen LogP contribution in [0.25, 0.3) is 0 Å². The zero-order chi connectivity index (χ0) is 26.8. The number of nitrogens with zero attached hydrogens (tertiary/aromatic N) is 2. The maximum absolute atomic E-state index is 14.0.